The zero-order chi connectivity index (χ0) is 18.3. The smallest absolute Gasteiger partial charge is 0.254 e. The first kappa shape index (κ1) is 16.6. The Morgan fingerprint density at radius 1 is 1.31 bits per heavy atom. The molecule has 6 heteroatoms. The Morgan fingerprint density at radius 3 is 2.92 bits per heavy atom. The number of carbonyl (C=O) groups excluding carboxylic acids is 1. The molecule has 0 aliphatic carbocycles. The van der Waals surface area contributed by atoms with Crippen LogP contribution in [0.25, 0.3) is 11.2 Å². The van der Waals surface area contributed by atoms with Crippen LogP contribution in [0.2, 0.25) is 0 Å². The third-order valence-electron chi connectivity index (χ3n) is 5.16. The number of ether oxygens (including phenoxy) is 1. The van der Waals surface area contributed by atoms with Gasteiger partial charge in [0.2, 0.25) is 0 Å². The van der Waals surface area contributed by atoms with E-state index >= 15 is 0 Å². The van der Waals surface area contributed by atoms with Gasteiger partial charge in [0.25, 0.3) is 5.91 Å². The lowest BCUT2D eigenvalue weighted by atomic mass is 10.1. The third-order valence-corrected chi connectivity index (χ3v) is 5.16. The van der Waals surface area contributed by atoms with Crippen molar-refractivity contribution >= 4 is 17.1 Å². The van der Waals surface area contributed by atoms with E-state index in [1.54, 1.807) is 13.3 Å². The highest BCUT2D eigenvalue weighted by Crippen LogP contribution is 2.30. The average molecular weight is 350 g/mol. The van der Waals surface area contributed by atoms with E-state index in [0.717, 1.165) is 41.3 Å². The summed E-state index contributed by atoms with van der Waals surface area (Å²) in [6.07, 6.45) is 2.69. The first-order chi connectivity index (χ1) is 12.6. The molecule has 1 amide bonds. The van der Waals surface area contributed by atoms with Gasteiger partial charge < -0.3 is 14.2 Å². The van der Waals surface area contributed by atoms with Crippen molar-refractivity contribution in [1.82, 2.24) is 19.4 Å². The van der Waals surface area contributed by atoms with Gasteiger partial charge in [0, 0.05) is 37.8 Å². The summed E-state index contributed by atoms with van der Waals surface area (Å²) in [5.41, 5.74) is 3.48. The summed E-state index contributed by atoms with van der Waals surface area (Å²) in [5, 5.41) is 0. The minimum absolute atomic E-state index is 0.0442. The standard InChI is InChI=1S/C20H22N4O2/c1-13-6-7-14(11-17(13)26-3)20(25)24-10-8-15(12-24)18-22-16-5-4-9-21-19(16)23(18)2/h4-7,9,11,15H,8,10,12H2,1-3H3/t15-/m1/s1. The SMILES string of the molecule is COc1cc(C(=O)N2CC[C@@H](c3nc4cccnc4n3C)C2)ccc1C. The van der Waals surface area contributed by atoms with Gasteiger partial charge in [0.15, 0.2) is 5.65 Å². The van der Waals surface area contributed by atoms with Crippen molar-refractivity contribution in [2.24, 2.45) is 7.05 Å². The van der Waals surface area contributed by atoms with Crippen molar-refractivity contribution in [3.63, 3.8) is 0 Å². The van der Waals surface area contributed by atoms with Gasteiger partial charge >= 0.3 is 0 Å². The van der Waals surface area contributed by atoms with Crippen LogP contribution in [0.4, 0.5) is 0 Å². The molecule has 4 rings (SSSR count). The number of likely N-dealkylation sites (tertiary alicyclic amines) is 1. The second kappa shape index (κ2) is 6.44. The minimum atomic E-state index is 0.0442. The van der Waals surface area contributed by atoms with Crippen molar-refractivity contribution < 1.29 is 9.53 Å². The van der Waals surface area contributed by atoms with E-state index in [0.29, 0.717) is 12.1 Å². The fraction of sp³-hybridized carbons (Fsp3) is 0.350. The maximum absolute atomic E-state index is 12.9. The highest BCUT2D eigenvalue weighted by atomic mass is 16.5. The number of imidazole rings is 1. The van der Waals surface area contributed by atoms with Crippen molar-refractivity contribution in [1.29, 1.82) is 0 Å². The molecule has 1 atom stereocenters. The number of hydrogen-bond donors (Lipinski definition) is 0. The van der Waals surface area contributed by atoms with E-state index in [-0.39, 0.29) is 11.8 Å². The highest BCUT2D eigenvalue weighted by molar-refractivity contribution is 5.95. The molecule has 134 valence electrons. The third kappa shape index (κ3) is 2.71. The molecule has 0 saturated carbocycles. The van der Waals surface area contributed by atoms with E-state index in [1.165, 1.54) is 0 Å². The number of fused-ring (bicyclic) bond motifs is 1. The van der Waals surface area contributed by atoms with Crippen LogP contribution in [0.3, 0.4) is 0 Å². The number of rotatable bonds is 3. The van der Waals surface area contributed by atoms with Crippen LogP contribution in [0, 0.1) is 6.92 Å². The van der Waals surface area contributed by atoms with Crippen LogP contribution in [0.1, 0.15) is 34.1 Å². The maximum Gasteiger partial charge on any atom is 0.254 e. The topological polar surface area (TPSA) is 60.2 Å². The Hall–Kier alpha value is -2.89. The summed E-state index contributed by atoms with van der Waals surface area (Å²) in [5.74, 6) is 2.01. The van der Waals surface area contributed by atoms with Gasteiger partial charge in [0.1, 0.15) is 17.1 Å². The first-order valence-electron chi connectivity index (χ1n) is 8.79. The molecule has 3 aromatic rings. The number of aromatic nitrogens is 3. The largest absolute Gasteiger partial charge is 0.496 e. The Bertz CT molecular complexity index is 979. The van der Waals surface area contributed by atoms with Crippen LogP contribution >= 0.6 is 0 Å². The molecule has 6 nitrogen and oxygen atoms in total. The number of pyridine rings is 1. The molecule has 0 unspecified atom stereocenters. The van der Waals surface area contributed by atoms with Crippen molar-refractivity contribution in [3.05, 3.63) is 53.5 Å². The van der Waals surface area contributed by atoms with Crippen molar-refractivity contribution in [2.75, 3.05) is 20.2 Å². The lowest BCUT2D eigenvalue weighted by Gasteiger charge is -2.17. The summed E-state index contributed by atoms with van der Waals surface area (Å²) < 4.78 is 7.39. The normalized spacial score (nSPS) is 17.0. The van der Waals surface area contributed by atoms with Gasteiger partial charge in [-0.1, -0.05) is 6.07 Å². The summed E-state index contributed by atoms with van der Waals surface area (Å²) in [6.45, 7) is 3.38. The Morgan fingerprint density at radius 2 is 2.15 bits per heavy atom. The van der Waals surface area contributed by atoms with Crippen molar-refractivity contribution in [2.45, 2.75) is 19.3 Å². The maximum atomic E-state index is 12.9. The minimum Gasteiger partial charge on any atom is -0.496 e. The first-order valence-corrected chi connectivity index (χ1v) is 8.79. The number of aryl methyl sites for hydroxylation is 2. The fourth-order valence-corrected chi connectivity index (χ4v) is 3.70. The highest BCUT2D eigenvalue weighted by Gasteiger charge is 2.31. The molecule has 2 aromatic heterocycles. The van der Waals surface area contributed by atoms with E-state index < -0.39 is 0 Å². The van der Waals surface area contributed by atoms with Gasteiger partial charge in [-0.05, 0) is 43.2 Å². The van der Waals surface area contributed by atoms with Gasteiger partial charge in [-0.25, -0.2) is 9.97 Å². The van der Waals surface area contributed by atoms with Crippen LogP contribution in [-0.2, 0) is 7.05 Å². The van der Waals surface area contributed by atoms with Crippen LogP contribution in [0.5, 0.6) is 5.75 Å². The average Bonchev–Trinajstić information content (AvgIpc) is 3.27. The van der Waals surface area contributed by atoms with E-state index in [1.807, 2.05) is 53.8 Å². The number of hydrogen-bond acceptors (Lipinski definition) is 4. The number of amides is 1. The monoisotopic (exact) mass is 350 g/mol. The molecule has 1 aliphatic rings. The van der Waals surface area contributed by atoms with Crippen molar-refractivity contribution in [3.8, 4) is 5.75 Å². The zero-order valence-corrected chi connectivity index (χ0v) is 15.3. The Labute approximate surface area is 152 Å². The Kier molecular flexibility index (Phi) is 4.11. The predicted octanol–water partition coefficient (Wildman–Crippen LogP) is 2.92. The zero-order valence-electron chi connectivity index (χ0n) is 15.3. The van der Waals surface area contributed by atoms with E-state index in [2.05, 4.69) is 4.98 Å². The molecule has 0 spiro atoms. The number of nitrogens with zero attached hydrogens (tertiary/aromatic N) is 4. The summed E-state index contributed by atoms with van der Waals surface area (Å²) >= 11 is 0. The molecule has 1 saturated heterocycles. The lowest BCUT2D eigenvalue weighted by Crippen LogP contribution is -2.28. The predicted molar refractivity (Wildman–Crippen MR) is 99.5 cm³/mol. The van der Waals surface area contributed by atoms with Crippen LogP contribution in [-0.4, -0.2) is 45.5 Å². The molecule has 26 heavy (non-hydrogen) atoms. The quantitative estimate of drug-likeness (QED) is 0.729. The molecule has 0 bridgehead atoms. The molecule has 0 N–H and O–H groups in total. The second-order valence-corrected chi connectivity index (χ2v) is 6.80. The Balaban J connectivity index is 1.56. The summed E-state index contributed by atoms with van der Waals surface area (Å²) in [7, 11) is 3.62. The molecule has 0 radical (unpaired) electrons. The van der Waals surface area contributed by atoms with Gasteiger partial charge in [0.05, 0.1) is 7.11 Å². The lowest BCUT2D eigenvalue weighted by molar-refractivity contribution is 0.0790. The van der Waals surface area contributed by atoms with Gasteiger partial charge in [-0.2, -0.15) is 0 Å². The van der Waals surface area contributed by atoms with Gasteiger partial charge in [-0.3, -0.25) is 4.79 Å². The molecular weight excluding hydrogens is 328 g/mol. The number of benzene rings is 1. The van der Waals surface area contributed by atoms with E-state index in [9.17, 15) is 4.79 Å². The molecule has 1 aliphatic heterocycles. The second-order valence-electron chi connectivity index (χ2n) is 6.80. The van der Waals surface area contributed by atoms with Gasteiger partial charge in [-0.15, -0.1) is 0 Å². The van der Waals surface area contributed by atoms with E-state index in [4.69, 9.17) is 9.72 Å². The fourth-order valence-electron chi connectivity index (χ4n) is 3.70. The molecule has 1 fully saturated rings. The number of methoxy groups -OCH3 is 1. The molecule has 1 aromatic carbocycles. The van der Waals surface area contributed by atoms with Crippen LogP contribution in [0.15, 0.2) is 36.5 Å². The molecular formula is C20H22N4O2. The summed E-state index contributed by atoms with van der Waals surface area (Å²) in [6, 6.07) is 9.49. The van der Waals surface area contributed by atoms with Crippen LogP contribution < -0.4 is 4.74 Å². The number of carbonyl (C=O) groups is 1. The molecule has 3 heterocycles. The summed E-state index contributed by atoms with van der Waals surface area (Å²) in [4.78, 5) is 23.9.